The lowest BCUT2D eigenvalue weighted by Crippen LogP contribution is -1.94. The smallest absolute Gasteiger partial charge is 0.0906 e. The van der Waals surface area contributed by atoms with Gasteiger partial charge in [0.1, 0.15) is 0 Å². The summed E-state index contributed by atoms with van der Waals surface area (Å²) in [5, 5.41) is 7.35. The minimum absolute atomic E-state index is 0.772. The molecule has 0 spiro atoms. The van der Waals surface area contributed by atoms with Crippen LogP contribution in [0.1, 0.15) is 11.1 Å². The van der Waals surface area contributed by atoms with Gasteiger partial charge in [0, 0.05) is 28.0 Å². The number of hydrogen-bond donors (Lipinski definition) is 0. The normalized spacial score (nSPS) is 11.2. The number of nitrogens with zero attached hydrogens (tertiary/aromatic N) is 3. The Bertz CT molecular complexity index is 1930. The highest BCUT2D eigenvalue weighted by Gasteiger charge is 2.12. The SMILES string of the molecule is Brc1ccc2ccc3c(C#Cc4cc(-c5ccccn5)nc(-c5ccccn5)c4)ccc4ccc1c2c43. The van der Waals surface area contributed by atoms with Gasteiger partial charge in [0.25, 0.3) is 0 Å². The van der Waals surface area contributed by atoms with E-state index >= 15 is 0 Å². The number of aromatic nitrogens is 3. The largest absolute Gasteiger partial charge is 0.255 e. The fourth-order valence-electron chi connectivity index (χ4n) is 4.91. The van der Waals surface area contributed by atoms with E-state index in [0.717, 1.165) is 43.8 Å². The monoisotopic (exact) mass is 535 g/mol. The van der Waals surface area contributed by atoms with E-state index in [0.29, 0.717) is 0 Å². The Morgan fingerprint density at radius 1 is 0.541 bits per heavy atom. The molecule has 3 aromatic heterocycles. The first-order valence-electron chi connectivity index (χ1n) is 12.0. The molecule has 0 unspecified atom stereocenters. The van der Waals surface area contributed by atoms with E-state index in [1.165, 1.54) is 26.9 Å². The number of benzene rings is 4. The van der Waals surface area contributed by atoms with E-state index in [1.807, 2.05) is 48.5 Å². The maximum atomic E-state index is 4.85. The molecule has 172 valence electrons. The molecular weight excluding hydrogens is 518 g/mol. The number of pyridine rings is 3. The van der Waals surface area contributed by atoms with Gasteiger partial charge >= 0.3 is 0 Å². The summed E-state index contributed by atoms with van der Waals surface area (Å²) >= 11 is 3.73. The van der Waals surface area contributed by atoms with Crippen molar-refractivity contribution in [2.75, 3.05) is 0 Å². The first-order chi connectivity index (χ1) is 18.2. The molecule has 3 nitrogen and oxygen atoms in total. The molecule has 0 bridgehead atoms. The van der Waals surface area contributed by atoms with Crippen LogP contribution >= 0.6 is 15.9 Å². The van der Waals surface area contributed by atoms with Gasteiger partial charge in [-0.25, -0.2) is 4.98 Å². The molecule has 0 aliphatic heterocycles. The summed E-state index contributed by atoms with van der Waals surface area (Å²) < 4.78 is 1.10. The zero-order valence-corrected chi connectivity index (χ0v) is 21.2. The minimum Gasteiger partial charge on any atom is -0.255 e. The van der Waals surface area contributed by atoms with Gasteiger partial charge in [-0.15, -0.1) is 0 Å². The quantitative estimate of drug-likeness (QED) is 0.165. The van der Waals surface area contributed by atoms with E-state index in [2.05, 4.69) is 86.3 Å². The van der Waals surface area contributed by atoms with E-state index in [9.17, 15) is 0 Å². The molecule has 0 saturated carbocycles. The van der Waals surface area contributed by atoms with Gasteiger partial charge < -0.3 is 0 Å². The predicted molar refractivity (Wildman–Crippen MR) is 155 cm³/mol. The van der Waals surface area contributed by atoms with E-state index in [1.54, 1.807) is 12.4 Å². The first-order valence-corrected chi connectivity index (χ1v) is 12.8. The third kappa shape index (κ3) is 3.81. The molecule has 0 amide bonds. The lowest BCUT2D eigenvalue weighted by atomic mass is 9.92. The molecule has 0 N–H and O–H groups in total. The summed E-state index contributed by atoms with van der Waals surface area (Å²) in [4.78, 5) is 13.9. The molecule has 0 fully saturated rings. The van der Waals surface area contributed by atoms with Gasteiger partial charge in [0.2, 0.25) is 0 Å². The lowest BCUT2D eigenvalue weighted by molar-refractivity contribution is 1.21. The Morgan fingerprint density at radius 3 is 1.78 bits per heavy atom. The van der Waals surface area contributed by atoms with Gasteiger partial charge in [-0.1, -0.05) is 76.3 Å². The molecule has 37 heavy (non-hydrogen) atoms. The molecule has 4 heteroatoms. The summed E-state index contributed by atoms with van der Waals surface area (Å²) in [7, 11) is 0. The number of hydrogen-bond acceptors (Lipinski definition) is 3. The van der Waals surface area contributed by atoms with Crippen molar-refractivity contribution in [1.82, 2.24) is 15.0 Å². The molecule has 0 aliphatic rings. The van der Waals surface area contributed by atoms with Gasteiger partial charge in [-0.05, 0) is 80.8 Å². The molecule has 0 aliphatic carbocycles. The van der Waals surface area contributed by atoms with Crippen LogP contribution in [0.5, 0.6) is 0 Å². The third-order valence-corrected chi connectivity index (χ3v) is 7.32. The fraction of sp³-hybridized carbons (Fsp3) is 0. The van der Waals surface area contributed by atoms with Crippen LogP contribution in [0.15, 0.2) is 114 Å². The maximum Gasteiger partial charge on any atom is 0.0906 e. The van der Waals surface area contributed by atoms with Gasteiger partial charge in [-0.2, -0.15) is 0 Å². The Kier molecular flexibility index (Phi) is 5.16. The number of halogens is 1. The van der Waals surface area contributed by atoms with E-state index < -0.39 is 0 Å². The highest BCUT2D eigenvalue weighted by molar-refractivity contribution is 9.10. The van der Waals surface area contributed by atoms with Crippen molar-refractivity contribution >= 4 is 48.2 Å². The van der Waals surface area contributed by atoms with Crippen molar-refractivity contribution in [3.63, 3.8) is 0 Å². The van der Waals surface area contributed by atoms with Crippen molar-refractivity contribution in [2.24, 2.45) is 0 Å². The van der Waals surface area contributed by atoms with Crippen molar-refractivity contribution in [3.05, 3.63) is 125 Å². The minimum atomic E-state index is 0.772. The number of rotatable bonds is 2. The Morgan fingerprint density at radius 2 is 1.14 bits per heavy atom. The average molecular weight is 536 g/mol. The van der Waals surface area contributed by atoms with Gasteiger partial charge in [0.05, 0.1) is 22.8 Å². The second-order valence-corrected chi connectivity index (χ2v) is 9.74. The highest BCUT2D eigenvalue weighted by Crippen LogP contribution is 2.38. The second kappa shape index (κ2) is 8.81. The van der Waals surface area contributed by atoms with Crippen LogP contribution in [-0.4, -0.2) is 15.0 Å². The zero-order valence-electron chi connectivity index (χ0n) is 19.6. The lowest BCUT2D eigenvalue weighted by Gasteiger charge is -2.12. The summed E-state index contributed by atoms with van der Waals surface area (Å²) in [5.41, 5.74) is 5.01. The van der Waals surface area contributed by atoms with Crippen molar-refractivity contribution in [3.8, 4) is 34.6 Å². The van der Waals surface area contributed by atoms with Crippen LogP contribution in [-0.2, 0) is 0 Å². The zero-order chi connectivity index (χ0) is 24.8. The highest BCUT2D eigenvalue weighted by atomic mass is 79.9. The van der Waals surface area contributed by atoms with Crippen molar-refractivity contribution in [1.29, 1.82) is 0 Å². The van der Waals surface area contributed by atoms with Gasteiger partial charge in [-0.3, -0.25) is 9.97 Å². The van der Waals surface area contributed by atoms with Crippen LogP contribution in [0.2, 0.25) is 0 Å². The van der Waals surface area contributed by atoms with Crippen LogP contribution in [0.25, 0.3) is 55.1 Å². The van der Waals surface area contributed by atoms with E-state index in [-0.39, 0.29) is 0 Å². The van der Waals surface area contributed by atoms with Crippen LogP contribution in [0.4, 0.5) is 0 Å². The molecule has 3 heterocycles. The Labute approximate surface area is 222 Å². The molecule has 7 rings (SSSR count). The van der Waals surface area contributed by atoms with Crippen molar-refractivity contribution < 1.29 is 0 Å². The molecule has 0 atom stereocenters. The summed E-state index contributed by atoms with van der Waals surface area (Å²) in [6, 6.07) is 33.0. The molecular formula is C33H18BrN3. The van der Waals surface area contributed by atoms with Crippen LogP contribution in [0, 0.1) is 11.8 Å². The summed E-state index contributed by atoms with van der Waals surface area (Å²) in [6.45, 7) is 0. The fourth-order valence-corrected chi connectivity index (χ4v) is 5.37. The van der Waals surface area contributed by atoms with E-state index in [4.69, 9.17) is 4.98 Å². The average Bonchev–Trinajstić information content (AvgIpc) is 2.97. The van der Waals surface area contributed by atoms with Crippen LogP contribution in [0.3, 0.4) is 0 Å². The Hall–Kier alpha value is -4.59. The third-order valence-electron chi connectivity index (χ3n) is 6.63. The molecule has 0 radical (unpaired) electrons. The first kappa shape index (κ1) is 21.7. The second-order valence-electron chi connectivity index (χ2n) is 8.89. The maximum absolute atomic E-state index is 4.85. The molecule has 7 aromatic rings. The predicted octanol–water partition coefficient (Wildman–Crippen LogP) is 8.27. The topological polar surface area (TPSA) is 38.7 Å². The Balaban J connectivity index is 1.41. The summed E-state index contributed by atoms with van der Waals surface area (Å²) in [5.74, 6) is 6.87. The molecule has 0 saturated heterocycles. The van der Waals surface area contributed by atoms with Gasteiger partial charge in [0.15, 0.2) is 0 Å². The van der Waals surface area contributed by atoms with Crippen molar-refractivity contribution in [2.45, 2.75) is 0 Å². The molecule has 4 aromatic carbocycles. The standard InChI is InChI=1S/C33H18BrN3/c34-27-16-13-24-11-14-25-22(9-10-23-12-15-26(27)33(24)32(23)25)8-7-21-19-30(28-5-1-3-17-35-28)37-31(20-21)29-6-2-4-18-36-29/h1-6,9-20H. The van der Waals surface area contributed by atoms with Crippen LogP contribution < -0.4 is 0 Å². The summed E-state index contributed by atoms with van der Waals surface area (Å²) in [6.07, 6.45) is 3.55.